The molecule has 0 saturated carbocycles. The number of carbonyl (C=O) groups excluding carboxylic acids is 1. The predicted molar refractivity (Wildman–Crippen MR) is 133 cm³/mol. The number of Topliss-reactive ketones (excluding diaryl/α,β-unsaturated/α-hetero) is 1. The van der Waals surface area contributed by atoms with Crippen LogP contribution in [-0.2, 0) is 24.1 Å². The molecule has 1 aliphatic carbocycles. The highest BCUT2D eigenvalue weighted by atomic mass is 16.4. The molecule has 5 nitrogen and oxygen atoms in total. The molecule has 0 radical (unpaired) electrons. The van der Waals surface area contributed by atoms with Gasteiger partial charge in [-0.3, -0.25) is 9.59 Å². The number of H-pyrrole nitrogens is 1. The van der Waals surface area contributed by atoms with E-state index in [1.54, 1.807) is 6.07 Å². The van der Waals surface area contributed by atoms with E-state index in [-0.39, 0.29) is 12.2 Å². The van der Waals surface area contributed by atoms with Gasteiger partial charge < -0.3 is 14.5 Å². The molecule has 2 aromatic carbocycles. The Bertz CT molecular complexity index is 1330. The summed E-state index contributed by atoms with van der Waals surface area (Å²) in [7, 11) is 0. The Kier molecular flexibility index (Phi) is 6.52. The molecule has 0 spiro atoms. The number of nitrogens with one attached hydrogen (secondary N) is 1. The number of hydrogen-bond donors (Lipinski definition) is 2. The van der Waals surface area contributed by atoms with Crippen LogP contribution >= 0.6 is 0 Å². The third-order valence-corrected chi connectivity index (χ3v) is 7.23. The minimum Gasteiger partial charge on any atom is -0.481 e. The van der Waals surface area contributed by atoms with Gasteiger partial charge in [0.1, 0.15) is 11.3 Å². The van der Waals surface area contributed by atoms with Gasteiger partial charge in [-0.1, -0.05) is 49.6 Å². The summed E-state index contributed by atoms with van der Waals surface area (Å²) < 4.78 is 5.94. The topological polar surface area (TPSA) is 83.3 Å². The van der Waals surface area contributed by atoms with Crippen molar-refractivity contribution in [2.75, 3.05) is 0 Å². The molecule has 0 saturated heterocycles. The van der Waals surface area contributed by atoms with Gasteiger partial charge in [0, 0.05) is 46.5 Å². The Balaban J connectivity index is 1.10. The summed E-state index contributed by atoms with van der Waals surface area (Å²) in [6.07, 6.45) is 10.7. The van der Waals surface area contributed by atoms with E-state index in [1.807, 2.05) is 18.2 Å². The number of aromatic nitrogens is 1. The average molecular weight is 458 g/mol. The molecule has 1 aliphatic rings. The predicted octanol–water partition coefficient (Wildman–Crippen LogP) is 6.87. The van der Waals surface area contributed by atoms with Crippen molar-refractivity contribution in [2.24, 2.45) is 5.92 Å². The summed E-state index contributed by atoms with van der Waals surface area (Å²) in [4.78, 5) is 28.0. The van der Waals surface area contributed by atoms with Gasteiger partial charge in [-0.15, -0.1) is 0 Å². The first-order valence-electron chi connectivity index (χ1n) is 12.5. The number of para-hydroxylation sites is 1. The van der Waals surface area contributed by atoms with Crippen molar-refractivity contribution in [2.45, 2.75) is 64.2 Å². The van der Waals surface area contributed by atoms with Crippen LogP contribution in [0.2, 0.25) is 0 Å². The summed E-state index contributed by atoms with van der Waals surface area (Å²) in [5, 5.41) is 12.0. The Labute approximate surface area is 199 Å². The Morgan fingerprint density at radius 2 is 1.85 bits per heavy atom. The molecule has 5 heteroatoms. The van der Waals surface area contributed by atoms with Gasteiger partial charge in [-0.2, -0.15) is 0 Å². The van der Waals surface area contributed by atoms with Gasteiger partial charge in [-0.25, -0.2) is 0 Å². The van der Waals surface area contributed by atoms with E-state index in [4.69, 9.17) is 4.42 Å². The lowest BCUT2D eigenvalue weighted by Crippen LogP contribution is -2.18. The molecule has 176 valence electrons. The normalized spacial score (nSPS) is 14.0. The first-order chi connectivity index (χ1) is 16.6. The number of rotatable bonds is 11. The van der Waals surface area contributed by atoms with Gasteiger partial charge in [0.05, 0.1) is 5.92 Å². The van der Waals surface area contributed by atoms with Crippen LogP contribution in [0.5, 0.6) is 0 Å². The minimum absolute atomic E-state index is 0.0383. The standard InChI is InChI=1S/C29H31NO4/c31-26(19-14-15-24-23-11-7-13-27(23)34-28(24)17-19)16-20(29(32)33)8-3-1-2-4-9-21-18-30-25-12-6-5-10-22(21)25/h5-6,10,12,14-15,17-18,20,30H,1-4,7-9,11,13,16H2,(H,32,33)/t20-/m1/s1. The van der Waals surface area contributed by atoms with Crippen molar-refractivity contribution in [3.05, 3.63) is 71.1 Å². The number of aromatic amines is 1. The Hall–Kier alpha value is -3.34. The molecule has 0 amide bonds. The smallest absolute Gasteiger partial charge is 0.306 e. The average Bonchev–Trinajstić information content (AvgIpc) is 3.54. The molecular formula is C29H31NO4. The van der Waals surface area contributed by atoms with Gasteiger partial charge in [-0.05, 0) is 49.8 Å². The Morgan fingerprint density at radius 3 is 2.74 bits per heavy atom. The van der Waals surface area contributed by atoms with Gasteiger partial charge in [0.2, 0.25) is 0 Å². The van der Waals surface area contributed by atoms with E-state index < -0.39 is 11.9 Å². The third kappa shape index (κ3) is 4.65. The molecule has 0 fully saturated rings. The van der Waals surface area contributed by atoms with Crippen molar-refractivity contribution in [3.63, 3.8) is 0 Å². The highest BCUT2D eigenvalue weighted by Crippen LogP contribution is 2.33. The summed E-state index contributed by atoms with van der Waals surface area (Å²) in [5.74, 6) is -0.610. The number of aryl methyl sites for hydroxylation is 3. The molecule has 0 unspecified atom stereocenters. The van der Waals surface area contributed by atoms with E-state index in [0.717, 1.165) is 68.1 Å². The highest BCUT2D eigenvalue weighted by molar-refractivity contribution is 6.01. The van der Waals surface area contributed by atoms with Crippen molar-refractivity contribution in [3.8, 4) is 0 Å². The third-order valence-electron chi connectivity index (χ3n) is 7.23. The number of hydrogen-bond acceptors (Lipinski definition) is 3. The fraction of sp³-hybridized carbons (Fsp3) is 0.379. The number of ketones is 1. The molecule has 4 aromatic rings. The summed E-state index contributed by atoms with van der Waals surface area (Å²) in [6.45, 7) is 0. The number of unbranched alkanes of at least 4 members (excludes halogenated alkanes) is 3. The fourth-order valence-corrected chi connectivity index (χ4v) is 5.33. The number of fused-ring (bicyclic) bond motifs is 4. The molecule has 2 N–H and O–H groups in total. The number of carboxylic acids is 1. The van der Waals surface area contributed by atoms with Crippen LogP contribution in [0.3, 0.4) is 0 Å². The van der Waals surface area contributed by atoms with E-state index in [0.29, 0.717) is 12.0 Å². The second-order valence-electron chi connectivity index (χ2n) is 9.54. The summed E-state index contributed by atoms with van der Waals surface area (Å²) in [5.41, 5.74) is 5.06. The number of aliphatic carboxylic acids is 1. The SMILES string of the molecule is O=C(C[C@@H](CCCCCCc1c[nH]c2ccccc12)C(=O)O)c1ccc2c3c(oc2c1)CCC3. The van der Waals surface area contributed by atoms with Crippen molar-refractivity contribution < 1.29 is 19.1 Å². The summed E-state index contributed by atoms with van der Waals surface area (Å²) >= 11 is 0. The Morgan fingerprint density at radius 1 is 1.00 bits per heavy atom. The zero-order chi connectivity index (χ0) is 23.5. The van der Waals surface area contributed by atoms with E-state index >= 15 is 0 Å². The van der Waals surface area contributed by atoms with Crippen LogP contribution in [0.4, 0.5) is 0 Å². The van der Waals surface area contributed by atoms with E-state index in [1.165, 1.54) is 22.0 Å². The summed E-state index contributed by atoms with van der Waals surface area (Å²) in [6, 6.07) is 13.9. The molecule has 2 heterocycles. The molecule has 0 bridgehead atoms. The van der Waals surface area contributed by atoms with Crippen LogP contribution in [0, 0.1) is 5.92 Å². The maximum Gasteiger partial charge on any atom is 0.306 e. The maximum absolute atomic E-state index is 12.8. The molecular weight excluding hydrogens is 426 g/mol. The molecule has 5 rings (SSSR count). The second-order valence-corrected chi connectivity index (χ2v) is 9.54. The fourth-order valence-electron chi connectivity index (χ4n) is 5.33. The lowest BCUT2D eigenvalue weighted by Gasteiger charge is -2.11. The minimum atomic E-state index is -0.884. The van der Waals surface area contributed by atoms with E-state index in [9.17, 15) is 14.7 Å². The van der Waals surface area contributed by atoms with Crippen LogP contribution in [0.25, 0.3) is 21.9 Å². The van der Waals surface area contributed by atoms with Crippen LogP contribution in [0.1, 0.15) is 72.2 Å². The van der Waals surface area contributed by atoms with Crippen molar-refractivity contribution in [1.29, 1.82) is 0 Å². The monoisotopic (exact) mass is 457 g/mol. The molecule has 1 atom stereocenters. The van der Waals surface area contributed by atoms with Crippen molar-refractivity contribution in [1.82, 2.24) is 4.98 Å². The van der Waals surface area contributed by atoms with E-state index in [2.05, 4.69) is 29.4 Å². The van der Waals surface area contributed by atoms with Crippen LogP contribution < -0.4 is 0 Å². The quantitative estimate of drug-likeness (QED) is 0.190. The van der Waals surface area contributed by atoms with Crippen molar-refractivity contribution >= 4 is 33.6 Å². The lowest BCUT2D eigenvalue weighted by atomic mass is 9.92. The zero-order valence-corrected chi connectivity index (χ0v) is 19.4. The largest absolute Gasteiger partial charge is 0.481 e. The van der Waals surface area contributed by atoms with Gasteiger partial charge in [0.25, 0.3) is 0 Å². The van der Waals surface area contributed by atoms with Crippen LogP contribution in [0.15, 0.2) is 53.1 Å². The first kappa shape index (κ1) is 22.5. The van der Waals surface area contributed by atoms with Gasteiger partial charge >= 0.3 is 5.97 Å². The van der Waals surface area contributed by atoms with Crippen LogP contribution in [-0.4, -0.2) is 21.8 Å². The highest BCUT2D eigenvalue weighted by Gasteiger charge is 2.24. The van der Waals surface area contributed by atoms with Gasteiger partial charge in [0.15, 0.2) is 5.78 Å². The maximum atomic E-state index is 12.8. The number of benzene rings is 2. The second kappa shape index (κ2) is 9.88. The lowest BCUT2D eigenvalue weighted by molar-refractivity contribution is -0.141. The zero-order valence-electron chi connectivity index (χ0n) is 19.4. The number of furan rings is 1. The molecule has 0 aliphatic heterocycles. The molecule has 34 heavy (non-hydrogen) atoms. The molecule has 2 aromatic heterocycles. The first-order valence-corrected chi connectivity index (χ1v) is 12.5. The number of carboxylic acid groups (broad SMARTS) is 1. The number of carbonyl (C=O) groups is 2.